The zero-order valence-electron chi connectivity index (χ0n) is 21.4. The highest BCUT2D eigenvalue weighted by Crippen LogP contribution is 2.20. The topological polar surface area (TPSA) is 142 Å². The molecule has 2 unspecified atom stereocenters. The maximum absolute atomic E-state index is 13.3. The number of aliphatic hydroxyl groups excluding tert-OH is 1. The zero-order chi connectivity index (χ0) is 27.3. The Morgan fingerprint density at radius 1 is 1.08 bits per heavy atom. The lowest BCUT2D eigenvalue weighted by atomic mass is 10.0. The smallest absolute Gasteiger partial charge is 0.271 e. The van der Waals surface area contributed by atoms with Crippen molar-refractivity contribution in [2.24, 2.45) is 5.92 Å². The van der Waals surface area contributed by atoms with Crippen LogP contribution in [-0.4, -0.2) is 70.9 Å². The normalized spacial score (nSPS) is 19.6. The van der Waals surface area contributed by atoms with Gasteiger partial charge in [-0.2, -0.15) is 4.31 Å². The number of nitrogens with one attached hydrogen (secondary N) is 2. The molecule has 38 heavy (non-hydrogen) atoms. The summed E-state index contributed by atoms with van der Waals surface area (Å²) in [6, 6.07) is 12.3. The van der Waals surface area contributed by atoms with Gasteiger partial charge in [0, 0.05) is 30.9 Å². The van der Waals surface area contributed by atoms with Crippen molar-refractivity contribution >= 4 is 32.6 Å². The number of carbonyl (C=O) groups excluding carboxylic acids is 2. The molecule has 0 saturated carbocycles. The van der Waals surface area contributed by atoms with Crippen LogP contribution in [0.25, 0.3) is 10.8 Å². The maximum Gasteiger partial charge on any atom is 0.271 e. The Balaban J connectivity index is 1.46. The van der Waals surface area contributed by atoms with E-state index >= 15 is 0 Å². The van der Waals surface area contributed by atoms with Crippen LogP contribution in [0, 0.1) is 5.92 Å². The third-order valence-corrected chi connectivity index (χ3v) is 8.35. The fourth-order valence-electron chi connectivity index (χ4n) is 4.64. The standard InChI is InChI=1S/C27H33N5O5S/c1-18(2)16-22(31-27(35)25-20-9-4-3-8-19(20)12-14-29-25)26(34)30-21-10-7-15-32(17-23(21)33)38(36,37)24-11-5-6-13-28-24/h3-6,8-9,11-14,18,21-23,33H,7,10,15-17H2,1-2H3,(H,30,34)(H,31,35)/t21?,22?,23-/m0/s1. The van der Waals surface area contributed by atoms with Gasteiger partial charge in [-0.1, -0.05) is 44.2 Å². The highest BCUT2D eigenvalue weighted by molar-refractivity contribution is 7.89. The van der Waals surface area contributed by atoms with Crippen molar-refractivity contribution in [3.05, 3.63) is 66.6 Å². The van der Waals surface area contributed by atoms with Crippen molar-refractivity contribution < 1.29 is 23.1 Å². The van der Waals surface area contributed by atoms with Crippen LogP contribution in [-0.2, 0) is 14.8 Å². The number of nitrogens with zero attached hydrogens (tertiary/aromatic N) is 3. The molecule has 4 rings (SSSR count). The number of sulfonamides is 1. The van der Waals surface area contributed by atoms with Gasteiger partial charge in [0.2, 0.25) is 5.91 Å². The second kappa shape index (κ2) is 12.0. The second-order valence-electron chi connectivity index (χ2n) is 9.89. The van der Waals surface area contributed by atoms with Gasteiger partial charge >= 0.3 is 0 Å². The Labute approximate surface area is 222 Å². The molecule has 1 aromatic carbocycles. The molecule has 1 aliphatic rings. The molecule has 3 aromatic rings. The summed E-state index contributed by atoms with van der Waals surface area (Å²) >= 11 is 0. The van der Waals surface area contributed by atoms with Crippen LogP contribution in [0.2, 0.25) is 0 Å². The van der Waals surface area contributed by atoms with Crippen LogP contribution < -0.4 is 10.6 Å². The minimum atomic E-state index is -3.88. The molecule has 10 nitrogen and oxygen atoms in total. The van der Waals surface area contributed by atoms with Gasteiger partial charge in [0.25, 0.3) is 15.9 Å². The fraction of sp³-hybridized carbons (Fsp3) is 0.407. The average Bonchev–Trinajstić information content (AvgIpc) is 3.09. The van der Waals surface area contributed by atoms with Gasteiger partial charge in [-0.25, -0.2) is 13.4 Å². The first kappa shape index (κ1) is 27.6. The Kier molecular flexibility index (Phi) is 8.70. The molecule has 1 saturated heterocycles. The van der Waals surface area contributed by atoms with Crippen molar-refractivity contribution in [2.75, 3.05) is 13.1 Å². The Morgan fingerprint density at radius 3 is 2.58 bits per heavy atom. The van der Waals surface area contributed by atoms with Crippen molar-refractivity contribution in [3.8, 4) is 0 Å². The summed E-state index contributed by atoms with van der Waals surface area (Å²) in [6.45, 7) is 3.92. The Hall–Kier alpha value is -3.41. The number of aliphatic hydroxyl groups is 1. The number of hydrogen-bond acceptors (Lipinski definition) is 7. The SMILES string of the molecule is CC(C)CC(NC(=O)c1nccc2ccccc12)C(=O)NC1CCCN(S(=O)(=O)c2ccccn2)C[C@@H]1O. The van der Waals surface area contributed by atoms with E-state index in [9.17, 15) is 23.1 Å². The number of β-amino-alcohol motifs (C(OH)–C–C–N with tert-alkyl or cyclic N) is 1. The van der Waals surface area contributed by atoms with Crippen molar-refractivity contribution in [1.82, 2.24) is 24.9 Å². The molecule has 2 aromatic heterocycles. The van der Waals surface area contributed by atoms with Crippen LogP contribution in [0.15, 0.2) is 66.0 Å². The van der Waals surface area contributed by atoms with Crippen LogP contribution in [0.1, 0.15) is 43.6 Å². The summed E-state index contributed by atoms with van der Waals surface area (Å²) in [7, 11) is -3.88. The van der Waals surface area contributed by atoms with Gasteiger partial charge in [0.15, 0.2) is 5.03 Å². The highest BCUT2D eigenvalue weighted by atomic mass is 32.2. The predicted octanol–water partition coefficient (Wildman–Crippen LogP) is 2.10. The fourth-order valence-corrected chi connectivity index (χ4v) is 6.07. The Bertz CT molecular complexity index is 1380. The number of amides is 2. The van der Waals surface area contributed by atoms with Gasteiger partial charge in [-0.15, -0.1) is 0 Å². The quantitative estimate of drug-likeness (QED) is 0.398. The molecule has 0 spiro atoms. The van der Waals surface area contributed by atoms with E-state index in [0.29, 0.717) is 24.6 Å². The lowest BCUT2D eigenvalue weighted by Gasteiger charge is -2.27. The first-order valence-corrected chi connectivity index (χ1v) is 14.1. The summed E-state index contributed by atoms with van der Waals surface area (Å²) in [5, 5.41) is 18.0. The molecule has 0 aliphatic carbocycles. The third kappa shape index (κ3) is 6.35. The molecule has 2 amide bonds. The Morgan fingerprint density at radius 2 is 1.84 bits per heavy atom. The lowest BCUT2D eigenvalue weighted by molar-refractivity contribution is -0.125. The summed E-state index contributed by atoms with van der Waals surface area (Å²) in [6.07, 6.45) is 3.03. The molecule has 0 bridgehead atoms. The van der Waals surface area contributed by atoms with E-state index < -0.39 is 40.0 Å². The lowest BCUT2D eigenvalue weighted by Crippen LogP contribution is -2.54. The van der Waals surface area contributed by atoms with E-state index in [0.717, 1.165) is 5.39 Å². The van der Waals surface area contributed by atoms with Crippen LogP contribution in [0.3, 0.4) is 0 Å². The van der Waals surface area contributed by atoms with E-state index in [1.54, 1.807) is 24.4 Å². The first-order valence-electron chi connectivity index (χ1n) is 12.7. The van der Waals surface area contributed by atoms with Crippen LogP contribution >= 0.6 is 0 Å². The van der Waals surface area contributed by atoms with Crippen molar-refractivity contribution in [2.45, 2.75) is 56.3 Å². The number of carbonyl (C=O) groups is 2. The van der Waals surface area contributed by atoms with Gasteiger partial charge < -0.3 is 15.7 Å². The minimum absolute atomic E-state index is 0.0866. The second-order valence-corrected chi connectivity index (χ2v) is 11.8. The van der Waals surface area contributed by atoms with E-state index in [-0.39, 0.29) is 29.7 Å². The van der Waals surface area contributed by atoms with Gasteiger partial charge in [0.05, 0.1) is 12.1 Å². The number of benzene rings is 1. The average molecular weight is 540 g/mol. The molecular formula is C27H33N5O5S. The summed E-state index contributed by atoms with van der Waals surface area (Å²) in [4.78, 5) is 34.7. The van der Waals surface area contributed by atoms with E-state index in [2.05, 4.69) is 20.6 Å². The highest BCUT2D eigenvalue weighted by Gasteiger charge is 2.35. The number of pyridine rings is 2. The zero-order valence-corrected chi connectivity index (χ0v) is 22.3. The van der Waals surface area contributed by atoms with Gasteiger partial charge in [-0.3, -0.25) is 14.6 Å². The van der Waals surface area contributed by atoms with Crippen molar-refractivity contribution in [1.29, 1.82) is 0 Å². The first-order chi connectivity index (χ1) is 18.2. The number of hydrogen-bond donors (Lipinski definition) is 3. The number of rotatable bonds is 8. The summed E-state index contributed by atoms with van der Waals surface area (Å²) < 4.78 is 27.2. The minimum Gasteiger partial charge on any atom is -0.390 e. The van der Waals surface area contributed by atoms with Gasteiger partial charge in [-0.05, 0) is 48.8 Å². The van der Waals surface area contributed by atoms with Crippen LogP contribution in [0.4, 0.5) is 0 Å². The molecule has 11 heteroatoms. The van der Waals surface area contributed by atoms with Gasteiger partial charge in [0.1, 0.15) is 11.7 Å². The number of fused-ring (bicyclic) bond motifs is 1. The molecule has 3 heterocycles. The molecule has 1 aliphatic heterocycles. The maximum atomic E-state index is 13.3. The molecule has 202 valence electrons. The van der Waals surface area contributed by atoms with E-state index in [4.69, 9.17) is 0 Å². The molecule has 0 radical (unpaired) electrons. The third-order valence-electron chi connectivity index (χ3n) is 6.57. The predicted molar refractivity (Wildman–Crippen MR) is 143 cm³/mol. The monoisotopic (exact) mass is 539 g/mol. The molecule has 1 fully saturated rings. The van der Waals surface area contributed by atoms with E-state index in [1.165, 1.54) is 16.6 Å². The number of aromatic nitrogens is 2. The molecule has 3 N–H and O–H groups in total. The van der Waals surface area contributed by atoms with Crippen molar-refractivity contribution in [3.63, 3.8) is 0 Å². The molecular weight excluding hydrogens is 506 g/mol. The largest absolute Gasteiger partial charge is 0.390 e. The summed E-state index contributed by atoms with van der Waals surface area (Å²) in [5.41, 5.74) is 0.231. The molecule has 3 atom stereocenters. The van der Waals surface area contributed by atoms with E-state index in [1.807, 2.05) is 38.1 Å². The summed E-state index contributed by atoms with van der Waals surface area (Å²) in [5.74, 6) is -0.793. The van der Waals surface area contributed by atoms with Crippen LogP contribution in [0.5, 0.6) is 0 Å².